The number of nitrogens with zero attached hydrogens (tertiary/aromatic N) is 2. The molecule has 138 valence electrons. The molecule has 2 N–H and O–H groups in total. The lowest BCUT2D eigenvalue weighted by Crippen LogP contribution is -2.00. The first-order chi connectivity index (χ1) is 12.1. The van der Waals surface area contributed by atoms with Crippen molar-refractivity contribution in [3.8, 4) is 11.5 Å². The topological polar surface area (TPSA) is 65.2 Å². The Kier molecular flexibility index (Phi) is 5.55. The van der Waals surface area contributed by atoms with Crippen LogP contribution in [-0.2, 0) is 0 Å². The molecule has 0 spiro atoms. The van der Waals surface area contributed by atoms with Crippen molar-refractivity contribution >= 4 is 12.4 Å². The number of benzene rings is 2. The zero-order valence-corrected chi connectivity index (χ0v) is 16.9. The number of phenolic OH excluding ortho intramolecular Hbond substituents is 2. The molecule has 0 aliphatic carbocycles. The molecule has 0 aliphatic rings. The molecular weight excluding hydrogens is 324 g/mol. The summed E-state index contributed by atoms with van der Waals surface area (Å²) in [6.07, 6.45) is 3.48. The van der Waals surface area contributed by atoms with E-state index >= 15 is 0 Å². The number of hydrogen-bond donors (Lipinski definition) is 2. The number of hydrogen-bond acceptors (Lipinski definition) is 4. The van der Waals surface area contributed by atoms with E-state index < -0.39 is 0 Å². The molecule has 2 rings (SSSR count). The normalized spacial score (nSPS) is 11.8. The summed E-state index contributed by atoms with van der Waals surface area (Å²) in [6.45, 7) is 15.6. The van der Waals surface area contributed by atoms with E-state index in [1.165, 1.54) is 0 Å². The van der Waals surface area contributed by atoms with Crippen LogP contribution in [0, 0.1) is 55.4 Å². The van der Waals surface area contributed by atoms with Crippen LogP contribution >= 0.6 is 0 Å². The molecule has 2 aromatic rings. The van der Waals surface area contributed by atoms with Gasteiger partial charge in [0.2, 0.25) is 0 Å². The number of phenols is 2. The highest BCUT2D eigenvalue weighted by Crippen LogP contribution is 2.31. The van der Waals surface area contributed by atoms with Crippen molar-refractivity contribution in [2.75, 3.05) is 0 Å². The second-order valence-corrected chi connectivity index (χ2v) is 7.01. The smallest absolute Gasteiger partial charge is 0.121 e. The minimum absolute atomic E-state index is 0.349. The van der Waals surface area contributed by atoms with Crippen molar-refractivity contribution in [2.45, 2.75) is 55.4 Å². The first-order valence-electron chi connectivity index (χ1n) is 8.74. The Morgan fingerprint density at radius 2 is 0.692 bits per heavy atom. The van der Waals surface area contributed by atoms with Gasteiger partial charge in [-0.2, -0.15) is 10.2 Å². The monoisotopic (exact) mass is 352 g/mol. The van der Waals surface area contributed by atoms with Crippen LogP contribution < -0.4 is 0 Å². The zero-order chi connectivity index (χ0) is 19.8. The highest BCUT2D eigenvalue weighted by Gasteiger charge is 2.13. The summed E-state index contributed by atoms with van der Waals surface area (Å²) in [5, 5.41) is 28.8. The largest absolute Gasteiger partial charge is 0.507 e. The van der Waals surface area contributed by atoms with Gasteiger partial charge in [0.05, 0.1) is 12.4 Å². The molecule has 0 saturated heterocycles. The van der Waals surface area contributed by atoms with Crippen LogP contribution in [0.4, 0.5) is 0 Å². The van der Waals surface area contributed by atoms with Gasteiger partial charge in [-0.25, -0.2) is 0 Å². The van der Waals surface area contributed by atoms with Gasteiger partial charge in [-0.15, -0.1) is 0 Å². The average molecular weight is 352 g/mol. The van der Waals surface area contributed by atoms with E-state index in [4.69, 9.17) is 0 Å². The molecule has 0 aromatic heterocycles. The van der Waals surface area contributed by atoms with Crippen LogP contribution in [0.15, 0.2) is 10.2 Å². The minimum atomic E-state index is 0.349. The quantitative estimate of drug-likeness (QED) is 0.602. The Morgan fingerprint density at radius 1 is 0.462 bits per heavy atom. The molecule has 0 aliphatic heterocycles. The van der Waals surface area contributed by atoms with Gasteiger partial charge in [-0.1, -0.05) is 0 Å². The Bertz CT molecular complexity index is 803. The molecule has 26 heavy (non-hydrogen) atoms. The lowest BCUT2D eigenvalue weighted by Gasteiger charge is -2.14. The van der Waals surface area contributed by atoms with Gasteiger partial charge in [0, 0.05) is 11.1 Å². The van der Waals surface area contributed by atoms with Crippen LogP contribution in [0.3, 0.4) is 0 Å². The van der Waals surface area contributed by atoms with Gasteiger partial charge in [-0.3, -0.25) is 0 Å². The lowest BCUT2D eigenvalue weighted by atomic mass is 9.93. The first-order valence-corrected chi connectivity index (χ1v) is 8.74. The van der Waals surface area contributed by atoms with Crippen molar-refractivity contribution in [3.63, 3.8) is 0 Å². The van der Waals surface area contributed by atoms with E-state index in [1.807, 2.05) is 55.4 Å². The predicted molar refractivity (Wildman–Crippen MR) is 109 cm³/mol. The van der Waals surface area contributed by atoms with E-state index in [-0.39, 0.29) is 0 Å². The summed E-state index contributed by atoms with van der Waals surface area (Å²) < 4.78 is 0. The highest BCUT2D eigenvalue weighted by atomic mass is 16.3. The molecule has 0 fully saturated rings. The van der Waals surface area contributed by atoms with Crippen LogP contribution in [0.2, 0.25) is 0 Å². The Labute approximate surface area is 155 Å². The van der Waals surface area contributed by atoms with Crippen molar-refractivity contribution in [1.29, 1.82) is 0 Å². The third-order valence-electron chi connectivity index (χ3n) is 5.73. The van der Waals surface area contributed by atoms with Crippen molar-refractivity contribution in [3.05, 3.63) is 55.6 Å². The fraction of sp³-hybridized carbons (Fsp3) is 0.364. The third kappa shape index (κ3) is 3.24. The fourth-order valence-electron chi connectivity index (χ4n) is 3.21. The number of rotatable bonds is 3. The summed E-state index contributed by atoms with van der Waals surface area (Å²) in [4.78, 5) is 0. The van der Waals surface area contributed by atoms with Crippen molar-refractivity contribution < 1.29 is 10.2 Å². The Morgan fingerprint density at radius 3 is 0.923 bits per heavy atom. The van der Waals surface area contributed by atoms with E-state index in [0.29, 0.717) is 11.5 Å². The van der Waals surface area contributed by atoms with Gasteiger partial charge in [0.15, 0.2) is 0 Å². The summed E-state index contributed by atoms with van der Waals surface area (Å²) in [5.74, 6) is 0.698. The minimum Gasteiger partial charge on any atom is -0.507 e. The molecule has 0 unspecified atom stereocenters. The lowest BCUT2D eigenvalue weighted by molar-refractivity contribution is 0.465. The van der Waals surface area contributed by atoms with E-state index in [9.17, 15) is 10.2 Å². The molecule has 2 aromatic carbocycles. The van der Waals surface area contributed by atoms with Crippen LogP contribution in [0.25, 0.3) is 0 Å². The van der Waals surface area contributed by atoms with Crippen LogP contribution in [-0.4, -0.2) is 22.6 Å². The van der Waals surface area contributed by atoms with Gasteiger partial charge in [-0.05, 0) is 99.9 Å². The van der Waals surface area contributed by atoms with Gasteiger partial charge >= 0.3 is 0 Å². The maximum Gasteiger partial charge on any atom is 0.121 e. The molecule has 0 radical (unpaired) electrons. The molecular formula is C22H28N2O2. The molecule has 0 atom stereocenters. The SMILES string of the molecule is Cc1c(C)c(/C=N\N=C/c2c(C)c(C)c(O)c(C)c2C)c(C)c(C)c1O. The van der Waals surface area contributed by atoms with Crippen LogP contribution in [0.5, 0.6) is 11.5 Å². The molecule has 0 heterocycles. The highest BCUT2D eigenvalue weighted by molar-refractivity contribution is 5.88. The van der Waals surface area contributed by atoms with Gasteiger partial charge < -0.3 is 10.2 Å². The third-order valence-corrected chi connectivity index (χ3v) is 5.73. The van der Waals surface area contributed by atoms with E-state index in [1.54, 1.807) is 12.4 Å². The molecule has 4 heteroatoms. The second-order valence-electron chi connectivity index (χ2n) is 7.01. The molecule has 4 nitrogen and oxygen atoms in total. The molecule has 0 amide bonds. The van der Waals surface area contributed by atoms with Crippen molar-refractivity contribution in [1.82, 2.24) is 0 Å². The Balaban J connectivity index is 2.43. The fourth-order valence-corrected chi connectivity index (χ4v) is 3.21. The molecule has 0 bridgehead atoms. The Hall–Kier alpha value is -2.62. The first kappa shape index (κ1) is 19.7. The maximum absolute atomic E-state index is 10.2. The summed E-state index contributed by atoms with van der Waals surface area (Å²) in [6, 6.07) is 0. The summed E-state index contributed by atoms with van der Waals surface area (Å²) in [7, 11) is 0. The average Bonchev–Trinajstić information content (AvgIpc) is 2.63. The number of aromatic hydroxyl groups is 2. The van der Waals surface area contributed by atoms with Gasteiger partial charge in [0.1, 0.15) is 11.5 Å². The summed E-state index contributed by atoms with van der Waals surface area (Å²) >= 11 is 0. The predicted octanol–water partition coefficient (Wildman–Crippen LogP) is 5.02. The van der Waals surface area contributed by atoms with E-state index in [0.717, 1.165) is 55.6 Å². The maximum atomic E-state index is 10.2. The van der Waals surface area contributed by atoms with E-state index in [2.05, 4.69) is 10.2 Å². The van der Waals surface area contributed by atoms with Gasteiger partial charge in [0.25, 0.3) is 0 Å². The molecule has 0 saturated carbocycles. The van der Waals surface area contributed by atoms with Crippen LogP contribution in [0.1, 0.15) is 55.6 Å². The second kappa shape index (κ2) is 7.32. The zero-order valence-electron chi connectivity index (χ0n) is 16.9. The summed E-state index contributed by atoms with van der Waals surface area (Å²) in [5.41, 5.74) is 9.49. The standard InChI is InChI=1S/C22H28N2O2/c1-11-15(5)21(25)16(6)12(2)19(11)9-23-24-10-20-13(3)17(7)22(26)18(8)14(20)4/h9-10,25-26H,1-8H3/b23-9-,24-10-. The van der Waals surface area contributed by atoms with Crippen molar-refractivity contribution in [2.24, 2.45) is 10.2 Å².